The summed E-state index contributed by atoms with van der Waals surface area (Å²) >= 11 is 1.78. The van der Waals surface area contributed by atoms with Gasteiger partial charge in [-0.05, 0) is 18.2 Å². The normalized spacial score (nSPS) is 22.8. The van der Waals surface area contributed by atoms with Crippen LogP contribution in [-0.2, 0) is 15.1 Å². The van der Waals surface area contributed by atoms with Crippen molar-refractivity contribution in [3.05, 3.63) is 35.9 Å². The van der Waals surface area contributed by atoms with Crippen LogP contribution in [0.4, 0.5) is 0 Å². The number of hydrogen-bond donors (Lipinski definition) is 1. The highest BCUT2D eigenvalue weighted by atomic mass is 32.2. The Morgan fingerprint density at radius 3 is 2.65 bits per heavy atom. The van der Waals surface area contributed by atoms with Crippen LogP contribution in [0.25, 0.3) is 0 Å². The molecule has 2 rings (SSSR count). The number of amides is 2. The minimum atomic E-state index is -0.951. The van der Waals surface area contributed by atoms with Crippen LogP contribution in [0.2, 0.25) is 0 Å². The lowest BCUT2D eigenvalue weighted by atomic mass is 9.88. The number of rotatable bonds is 5. The van der Waals surface area contributed by atoms with Crippen LogP contribution in [-0.4, -0.2) is 41.3 Å². The zero-order chi connectivity index (χ0) is 14.6. The van der Waals surface area contributed by atoms with Gasteiger partial charge in [0.15, 0.2) is 0 Å². The van der Waals surface area contributed by atoms with Gasteiger partial charge in [0.05, 0.1) is 6.54 Å². The highest BCUT2D eigenvalue weighted by Crippen LogP contribution is 2.26. The number of carbonyl (C=O) groups excluding carboxylic acids is 2. The number of piperazine rings is 1. The van der Waals surface area contributed by atoms with Crippen molar-refractivity contribution in [3.8, 4) is 0 Å². The molecule has 0 aliphatic carbocycles. The van der Waals surface area contributed by atoms with Gasteiger partial charge in [-0.25, -0.2) is 0 Å². The molecule has 1 unspecified atom stereocenters. The van der Waals surface area contributed by atoms with E-state index in [9.17, 15) is 9.59 Å². The van der Waals surface area contributed by atoms with E-state index in [0.717, 1.165) is 17.1 Å². The van der Waals surface area contributed by atoms with E-state index in [4.69, 9.17) is 0 Å². The van der Waals surface area contributed by atoms with Crippen LogP contribution in [0.15, 0.2) is 30.3 Å². The minimum absolute atomic E-state index is 0.0278. The molecule has 1 atom stereocenters. The maximum atomic E-state index is 12.7. The summed E-state index contributed by atoms with van der Waals surface area (Å²) in [4.78, 5) is 26.3. The Morgan fingerprint density at radius 1 is 1.30 bits per heavy atom. The van der Waals surface area contributed by atoms with Crippen LogP contribution in [0.5, 0.6) is 0 Å². The Balaban J connectivity index is 2.20. The van der Waals surface area contributed by atoms with E-state index in [1.54, 1.807) is 23.6 Å². The molecule has 0 spiro atoms. The quantitative estimate of drug-likeness (QED) is 0.839. The molecule has 1 aromatic rings. The van der Waals surface area contributed by atoms with Gasteiger partial charge in [-0.3, -0.25) is 9.59 Å². The topological polar surface area (TPSA) is 49.4 Å². The van der Waals surface area contributed by atoms with Crippen molar-refractivity contribution in [1.82, 2.24) is 10.2 Å². The third-order valence-corrected chi connectivity index (χ3v) is 4.38. The fraction of sp³-hybridized carbons (Fsp3) is 0.467. The van der Waals surface area contributed by atoms with Crippen molar-refractivity contribution in [2.24, 2.45) is 0 Å². The first-order chi connectivity index (χ1) is 9.58. The molecule has 0 saturated carbocycles. The lowest BCUT2D eigenvalue weighted by molar-refractivity contribution is -0.149. The molecule has 0 aromatic heterocycles. The smallest absolute Gasteiger partial charge is 0.253 e. The third kappa shape index (κ3) is 2.98. The molecule has 0 bridgehead atoms. The Labute approximate surface area is 123 Å². The van der Waals surface area contributed by atoms with Crippen LogP contribution in [0, 0.1) is 0 Å². The monoisotopic (exact) mass is 292 g/mol. The Kier molecular flexibility index (Phi) is 4.70. The summed E-state index contributed by atoms with van der Waals surface area (Å²) in [5.41, 5.74) is -0.126. The summed E-state index contributed by atoms with van der Waals surface area (Å²) in [6.07, 6.45) is 0. The summed E-state index contributed by atoms with van der Waals surface area (Å²) in [7, 11) is 0. The van der Waals surface area contributed by atoms with Crippen molar-refractivity contribution in [3.63, 3.8) is 0 Å². The molecule has 20 heavy (non-hydrogen) atoms. The van der Waals surface area contributed by atoms with Crippen molar-refractivity contribution in [2.75, 3.05) is 24.6 Å². The van der Waals surface area contributed by atoms with Gasteiger partial charge in [-0.15, -0.1) is 0 Å². The molecular weight excluding hydrogens is 272 g/mol. The van der Waals surface area contributed by atoms with E-state index in [-0.39, 0.29) is 18.4 Å². The molecule has 1 saturated heterocycles. The summed E-state index contributed by atoms with van der Waals surface area (Å²) in [5.74, 6) is 1.75. The molecule has 5 heteroatoms. The van der Waals surface area contributed by atoms with E-state index in [1.807, 2.05) is 30.3 Å². The first-order valence-corrected chi connectivity index (χ1v) is 7.97. The zero-order valence-electron chi connectivity index (χ0n) is 11.9. The minimum Gasteiger partial charge on any atom is -0.337 e. The number of nitrogens with one attached hydrogen (secondary N) is 1. The summed E-state index contributed by atoms with van der Waals surface area (Å²) in [5, 5.41) is 2.84. The molecule has 4 nitrogen and oxygen atoms in total. The number of carbonyl (C=O) groups is 2. The molecule has 1 aromatic carbocycles. The predicted octanol–water partition coefficient (Wildman–Crippen LogP) is 1.61. The average Bonchev–Trinajstić information content (AvgIpc) is 2.45. The molecule has 0 radical (unpaired) electrons. The van der Waals surface area contributed by atoms with Gasteiger partial charge < -0.3 is 10.2 Å². The molecule has 108 valence electrons. The number of thioether (sulfide) groups is 1. The molecule has 1 fully saturated rings. The molecule has 1 aliphatic rings. The molecule has 1 heterocycles. The summed E-state index contributed by atoms with van der Waals surface area (Å²) < 4.78 is 0. The number of benzene rings is 1. The highest BCUT2D eigenvalue weighted by Gasteiger charge is 2.43. The van der Waals surface area contributed by atoms with Crippen LogP contribution in [0.1, 0.15) is 19.4 Å². The van der Waals surface area contributed by atoms with Gasteiger partial charge in [0, 0.05) is 12.3 Å². The van der Waals surface area contributed by atoms with Gasteiger partial charge in [0.2, 0.25) is 5.91 Å². The Hall–Kier alpha value is -1.49. The maximum Gasteiger partial charge on any atom is 0.253 e. The molecule has 2 amide bonds. The molecular formula is C15H20N2O2S. The van der Waals surface area contributed by atoms with Crippen LogP contribution in [0.3, 0.4) is 0 Å². The Bertz CT molecular complexity index is 492. The lowest BCUT2D eigenvalue weighted by Crippen LogP contribution is -2.63. The number of hydrogen-bond acceptors (Lipinski definition) is 3. The SMILES string of the molecule is CCSCCN1CC(=O)NC(C)(c2ccccc2)C1=O. The second kappa shape index (κ2) is 6.31. The highest BCUT2D eigenvalue weighted by molar-refractivity contribution is 7.99. The Morgan fingerprint density at radius 2 is 2.00 bits per heavy atom. The predicted molar refractivity (Wildman–Crippen MR) is 81.5 cm³/mol. The lowest BCUT2D eigenvalue weighted by Gasteiger charge is -2.40. The van der Waals surface area contributed by atoms with Crippen molar-refractivity contribution in [2.45, 2.75) is 19.4 Å². The van der Waals surface area contributed by atoms with Crippen molar-refractivity contribution in [1.29, 1.82) is 0 Å². The second-order valence-electron chi connectivity index (χ2n) is 4.96. The third-order valence-electron chi connectivity index (χ3n) is 3.50. The van der Waals surface area contributed by atoms with Gasteiger partial charge in [-0.2, -0.15) is 11.8 Å². The fourth-order valence-corrected chi connectivity index (χ4v) is 3.04. The van der Waals surface area contributed by atoms with Gasteiger partial charge >= 0.3 is 0 Å². The van der Waals surface area contributed by atoms with Gasteiger partial charge in [-0.1, -0.05) is 37.3 Å². The standard InChI is InChI=1S/C15H20N2O2S/c1-3-20-10-9-17-11-13(18)16-15(2,14(17)19)12-7-5-4-6-8-12/h4-8H,3,9-11H2,1-2H3,(H,16,18). The zero-order valence-corrected chi connectivity index (χ0v) is 12.7. The van der Waals surface area contributed by atoms with E-state index in [0.29, 0.717) is 6.54 Å². The first kappa shape index (κ1) is 14.9. The fourth-order valence-electron chi connectivity index (χ4n) is 2.40. The van der Waals surface area contributed by atoms with Crippen molar-refractivity contribution < 1.29 is 9.59 Å². The molecule has 1 aliphatic heterocycles. The number of nitrogens with zero attached hydrogens (tertiary/aromatic N) is 1. The van der Waals surface area contributed by atoms with E-state index < -0.39 is 5.54 Å². The van der Waals surface area contributed by atoms with Crippen molar-refractivity contribution >= 4 is 23.6 Å². The average molecular weight is 292 g/mol. The maximum absolute atomic E-state index is 12.7. The second-order valence-corrected chi connectivity index (χ2v) is 6.36. The van der Waals surface area contributed by atoms with E-state index >= 15 is 0 Å². The molecule has 1 N–H and O–H groups in total. The van der Waals surface area contributed by atoms with Crippen LogP contribution >= 0.6 is 11.8 Å². The van der Waals surface area contributed by atoms with Gasteiger partial charge in [0.1, 0.15) is 5.54 Å². The van der Waals surface area contributed by atoms with Crippen LogP contribution < -0.4 is 5.32 Å². The van der Waals surface area contributed by atoms with E-state index in [1.165, 1.54) is 0 Å². The summed E-state index contributed by atoms with van der Waals surface area (Å²) in [6.45, 7) is 4.64. The van der Waals surface area contributed by atoms with E-state index in [2.05, 4.69) is 12.2 Å². The summed E-state index contributed by atoms with van der Waals surface area (Å²) in [6, 6.07) is 9.42. The first-order valence-electron chi connectivity index (χ1n) is 6.81. The van der Waals surface area contributed by atoms with Gasteiger partial charge in [0.25, 0.3) is 5.91 Å². The largest absolute Gasteiger partial charge is 0.337 e.